The predicted octanol–water partition coefficient (Wildman–Crippen LogP) is 4.95. The van der Waals surface area contributed by atoms with Crippen LogP contribution in [0.1, 0.15) is 39.4 Å². The van der Waals surface area contributed by atoms with Crippen molar-refractivity contribution in [2.24, 2.45) is 5.10 Å². The van der Waals surface area contributed by atoms with Crippen LogP contribution in [0.5, 0.6) is 0 Å². The van der Waals surface area contributed by atoms with Crippen LogP contribution in [-0.2, 0) is 6.54 Å². The highest BCUT2D eigenvalue weighted by molar-refractivity contribution is 6.31. The Morgan fingerprint density at radius 1 is 1.26 bits per heavy atom. The number of halogens is 1. The third kappa shape index (κ3) is 3.62. The highest BCUT2D eigenvalue weighted by Crippen LogP contribution is 2.28. The zero-order chi connectivity index (χ0) is 19.6. The van der Waals surface area contributed by atoms with Gasteiger partial charge in [-0.3, -0.25) is 4.57 Å². The standard InChI is InChI=1S/C21H21ClN4O/c1-13-9-18(12-25-24-11-17-7-5-6-8-20(17)22)15(3)26(13)21-19(10-23)14(2)16(4)27-21/h5-9,12,24H,11H2,1-4H3/b25-12-. The maximum atomic E-state index is 9.50. The van der Waals surface area contributed by atoms with E-state index in [-0.39, 0.29) is 0 Å². The average molecular weight is 381 g/mol. The summed E-state index contributed by atoms with van der Waals surface area (Å²) in [5, 5.41) is 14.5. The number of nitrogens with one attached hydrogen (secondary N) is 1. The number of nitrogens with zero attached hydrogens (tertiary/aromatic N) is 3. The normalized spacial score (nSPS) is 11.1. The van der Waals surface area contributed by atoms with Gasteiger partial charge in [0.1, 0.15) is 17.4 Å². The Morgan fingerprint density at radius 2 is 2.00 bits per heavy atom. The quantitative estimate of drug-likeness (QED) is 0.503. The van der Waals surface area contributed by atoms with Gasteiger partial charge in [0.2, 0.25) is 5.88 Å². The second-order valence-corrected chi connectivity index (χ2v) is 6.83. The second kappa shape index (κ2) is 7.73. The number of aryl methyl sites for hydroxylation is 2. The maximum absolute atomic E-state index is 9.50. The monoisotopic (exact) mass is 380 g/mol. The molecule has 3 rings (SSSR count). The van der Waals surface area contributed by atoms with E-state index in [9.17, 15) is 5.26 Å². The summed E-state index contributed by atoms with van der Waals surface area (Å²) in [4.78, 5) is 0. The van der Waals surface area contributed by atoms with Crippen LogP contribution in [0.3, 0.4) is 0 Å². The molecule has 0 saturated carbocycles. The van der Waals surface area contributed by atoms with E-state index in [1.54, 1.807) is 6.21 Å². The van der Waals surface area contributed by atoms with Gasteiger partial charge in [-0.1, -0.05) is 29.8 Å². The molecule has 0 fully saturated rings. The van der Waals surface area contributed by atoms with Gasteiger partial charge in [0, 0.05) is 27.5 Å². The highest BCUT2D eigenvalue weighted by atomic mass is 35.5. The number of rotatable bonds is 5. The largest absolute Gasteiger partial charge is 0.443 e. The van der Waals surface area contributed by atoms with E-state index in [4.69, 9.17) is 16.0 Å². The molecule has 0 aliphatic carbocycles. The molecule has 0 aliphatic heterocycles. The molecule has 0 atom stereocenters. The van der Waals surface area contributed by atoms with Gasteiger partial charge in [-0.25, -0.2) is 0 Å². The van der Waals surface area contributed by atoms with Crippen molar-refractivity contribution in [1.82, 2.24) is 9.99 Å². The van der Waals surface area contributed by atoms with Crippen molar-refractivity contribution in [3.63, 3.8) is 0 Å². The van der Waals surface area contributed by atoms with Crippen molar-refractivity contribution in [3.05, 3.63) is 74.8 Å². The SMILES string of the molecule is Cc1oc(-n2c(C)cc(/C=N\NCc3ccccc3Cl)c2C)c(C#N)c1C. The molecule has 2 heterocycles. The first-order chi connectivity index (χ1) is 12.9. The molecule has 0 saturated heterocycles. The van der Waals surface area contributed by atoms with Gasteiger partial charge in [-0.2, -0.15) is 10.4 Å². The number of furan rings is 1. The Kier molecular flexibility index (Phi) is 5.38. The molecule has 0 unspecified atom stereocenters. The lowest BCUT2D eigenvalue weighted by Gasteiger charge is -2.06. The van der Waals surface area contributed by atoms with Gasteiger partial charge < -0.3 is 9.84 Å². The van der Waals surface area contributed by atoms with Crippen molar-refractivity contribution < 1.29 is 4.42 Å². The zero-order valence-electron chi connectivity index (χ0n) is 15.8. The topological polar surface area (TPSA) is 66.2 Å². The lowest BCUT2D eigenvalue weighted by molar-refractivity contribution is 0.503. The van der Waals surface area contributed by atoms with Gasteiger partial charge in [-0.15, -0.1) is 0 Å². The Bertz CT molecular complexity index is 1050. The van der Waals surface area contributed by atoms with Crippen molar-refractivity contribution in [1.29, 1.82) is 5.26 Å². The predicted molar refractivity (Wildman–Crippen MR) is 108 cm³/mol. The van der Waals surface area contributed by atoms with Gasteiger partial charge in [0.15, 0.2) is 0 Å². The molecule has 2 aromatic heterocycles. The van der Waals surface area contributed by atoms with Crippen LogP contribution in [0.25, 0.3) is 5.88 Å². The molecule has 0 aliphatic rings. The molecule has 0 spiro atoms. The van der Waals surface area contributed by atoms with Gasteiger partial charge >= 0.3 is 0 Å². The molecule has 3 aromatic rings. The third-order valence-corrected chi connectivity index (χ3v) is 5.04. The van der Waals surface area contributed by atoms with E-state index in [2.05, 4.69) is 16.6 Å². The fourth-order valence-electron chi connectivity index (χ4n) is 3.02. The van der Waals surface area contributed by atoms with E-state index >= 15 is 0 Å². The van der Waals surface area contributed by atoms with Crippen molar-refractivity contribution in [2.45, 2.75) is 34.2 Å². The lowest BCUT2D eigenvalue weighted by atomic mass is 10.2. The summed E-state index contributed by atoms with van der Waals surface area (Å²) < 4.78 is 7.81. The first-order valence-electron chi connectivity index (χ1n) is 8.62. The van der Waals surface area contributed by atoms with Crippen LogP contribution in [0, 0.1) is 39.0 Å². The van der Waals surface area contributed by atoms with Crippen LogP contribution < -0.4 is 5.43 Å². The number of nitriles is 1. The smallest absolute Gasteiger partial charge is 0.222 e. The van der Waals surface area contributed by atoms with E-state index in [0.29, 0.717) is 23.0 Å². The zero-order valence-corrected chi connectivity index (χ0v) is 16.6. The van der Waals surface area contributed by atoms with Gasteiger partial charge in [-0.05, 0) is 45.4 Å². The molecule has 6 heteroatoms. The molecule has 0 amide bonds. The average Bonchev–Trinajstić information content (AvgIpc) is 3.08. The van der Waals surface area contributed by atoms with Crippen LogP contribution in [0.2, 0.25) is 5.02 Å². The summed E-state index contributed by atoms with van der Waals surface area (Å²) in [6, 6.07) is 11.9. The molecule has 5 nitrogen and oxygen atoms in total. The third-order valence-electron chi connectivity index (χ3n) is 4.67. The summed E-state index contributed by atoms with van der Waals surface area (Å²) in [7, 11) is 0. The minimum atomic E-state index is 0.546. The van der Waals surface area contributed by atoms with Crippen molar-refractivity contribution >= 4 is 17.8 Å². The van der Waals surface area contributed by atoms with Crippen LogP contribution in [0.4, 0.5) is 0 Å². The minimum Gasteiger partial charge on any atom is -0.443 e. The maximum Gasteiger partial charge on any atom is 0.222 e. The Hall–Kier alpha value is -2.97. The molecule has 0 bridgehead atoms. The van der Waals surface area contributed by atoms with Crippen molar-refractivity contribution in [2.75, 3.05) is 0 Å². The van der Waals surface area contributed by atoms with Gasteiger partial charge in [0.05, 0.1) is 12.8 Å². The molecular weight excluding hydrogens is 360 g/mol. The molecule has 1 aromatic carbocycles. The number of aromatic nitrogens is 1. The van der Waals surface area contributed by atoms with Crippen LogP contribution in [-0.4, -0.2) is 10.8 Å². The summed E-state index contributed by atoms with van der Waals surface area (Å²) in [5.74, 6) is 1.32. The Labute approximate surface area is 163 Å². The number of hydrogen-bond acceptors (Lipinski definition) is 4. The van der Waals surface area contributed by atoms with Crippen LogP contribution in [0.15, 0.2) is 39.9 Å². The molecule has 138 valence electrons. The van der Waals surface area contributed by atoms with E-state index in [1.165, 1.54) is 0 Å². The van der Waals surface area contributed by atoms with Crippen molar-refractivity contribution in [3.8, 4) is 12.0 Å². The fourth-order valence-corrected chi connectivity index (χ4v) is 3.22. The summed E-state index contributed by atoms with van der Waals surface area (Å²) in [6.07, 6.45) is 1.77. The molecule has 0 radical (unpaired) electrons. The molecular formula is C21H21ClN4O. The number of hydrogen-bond donors (Lipinski definition) is 1. The lowest BCUT2D eigenvalue weighted by Crippen LogP contribution is -2.06. The summed E-state index contributed by atoms with van der Waals surface area (Å²) in [6.45, 7) is 8.28. The first-order valence-corrected chi connectivity index (χ1v) is 9.00. The van der Waals surface area contributed by atoms with Gasteiger partial charge in [0.25, 0.3) is 0 Å². The Balaban J connectivity index is 1.83. The van der Waals surface area contributed by atoms with E-state index < -0.39 is 0 Å². The highest BCUT2D eigenvalue weighted by Gasteiger charge is 2.20. The van der Waals surface area contributed by atoms with E-state index in [1.807, 2.05) is 62.6 Å². The minimum absolute atomic E-state index is 0.546. The summed E-state index contributed by atoms with van der Waals surface area (Å²) in [5.41, 5.74) is 8.34. The molecule has 27 heavy (non-hydrogen) atoms. The fraction of sp³-hybridized carbons (Fsp3) is 0.238. The van der Waals surface area contributed by atoms with Crippen LogP contribution >= 0.6 is 11.6 Å². The number of benzene rings is 1. The first kappa shape index (κ1) is 18.8. The summed E-state index contributed by atoms with van der Waals surface area (Å²) >= 11 is 6.15. The molecule has 1 N–H and O–H groups in total. The second-order valence-electron chi connectivity index (χ2n) is 6.42. The van der Waals surface area contributed by atoms with E-state index in [0.717, 1.165) is 33.8 Å². The Morgan fingerprint density at radius 3 is 2.70 bits per heavy atom. The number of hydrazone groups is 1.